The van der Waals surface area contributed by atoms with E-state index in [1.807, 2.05) is 12.1 Å². The molecule has 1 amide bonds. The van der Waals surface area contributed by atoms with Gasteiger partial charge in [0.15, 0.2) is 0 Å². The molecule has 2 N–H and O–H groups in total. The fraction of sp³-hybridized carbons (Fsp3) is 0.357. The third-order valence-electron chi connectivity index (χ3n) is 3.69. The molecule has 0 saturated carbocycles. The van der Waals surface area contributed by atoms with E-state index in [0.29, 0.717) is 10.1 Å². The summed E-state index contributed by atoms with van der Waals surface area (Å²) in [5.74, 6) is -0.178. The molecule has 0 heterocycles. The van der Waals surface area contributed by atoms with E-state index in [1.165, 1.54) is 0 Å². The third-order valence-corrected chi connectivity index (χ3v) is 4.13. The van der Waals surface area contributed by atoms with Gasteiger partial charge in [0.1, 0.15) is 4.49 Å². The lowest BCUT2D eigenvalue weighted by atomic mass is 9.91. The Morgan fingerprint density at radius 1 is 1.39 bits per heavy atom. The van der Waals surface area contributed by atoms with E-state index >= 15 is 0 Å². The number of amides is 1. The topological polar surface area (TPSA) is 43.1 Å². The number of fused-ring (bicyclic) bond motifs is 1. The zero-order chi connectivity index (χ0) is 13.4. The summed E-state index contributed by atoms with van der Waals surface area (Å²) in [6.45, 7) is 4.11. The van der Waals surface area contributed by atoms with E-state index in [2.05, 4.69) is 13.8 Å². The van der Waals surface area contributed by atoms with Crippen LogP contribution in [0, 0.1) is 0 Å². The van der Waals surface area contributed by atoms with Gasteiger partial charge in [-0.25, -0.2) is 0 Å². The summed E-state index contributed by atoms with van der Waals surface area (Å²) in [5, 5.41) is 0. The van der Waals surface area contributed by atoms with E-state index in [4.69, 9.17) is 28.9 Å². The molecule has 0 bridgehead atoms. The molecule has 4 heteroatoms. The fourth-order valence-electron chi connectivity index (χ4n) is 2.91. The lowest BCUT2D eigenvalue weighted by molar-refractivity contribution is 0.0999. The molecule has 2 rings (SSSR count). The highest BCUT2D eigenvalue weighted by Crippen LogP contribution is 2.51. The Balaban J connectivity index is 2.72. The van der Waals surface area contributed by atoms with Crippen LogP contribution in [0.2, 0.25) is 0 Å². The number of halogens is 2. The lowest BCUT2D eigenvalue weighted by Crippen LogP contribution is -2.15. The smallest absolute Gasteiger partial charge is 0.249 e. The van der Waals surface area contributed by atoms with Gasteiger partial charge < -0.3 is 5.73 Å². The number of hydrogen-bond acceptors (Lipinski definition) is 1. The molecule has 2 nitrogen and oxygen atoms in total. The van der Waals surface area contributed by atoms with Gasteiger partial charge in [-0.2, -0.15) is 0 Å². The second-order valence-electron chi connectivity index (χ2n) is 4.57. The van der Waals surface area contributed by atoms with Gasteiger partial charge in [0.05, 0.1) is 0 Å². The summed E-state index contributed by atoms with van der Waals surface area (Å²) >= 11 is 12.0. The normalized spacial score (nSPS) is 21.9. The molecule has 2 atom stereocenters. The summed E-state index contributed by atoms with van der Waals surface area (Å²) in [7, 11) is 0. The molecule has 0 aliphatic heterocycles. The molecule has 0 saturated heterocycles. The van der Waals surface area contributed by atoms with Crippen molar-refractivity contribution in [3.63, 3.8) is 0 Å². The molecule has 1 aromatic rings. The second-order valence-corrected chi connectivity index (χ2v) is 5.52. The van der Waals surface area contributed by atoms with Gasteiger partial charge in [-0.05, 0) is 29.2 Å². The Hall–Kier alpha value is -0.990. The summed E-state index contributed by atoms with van der Waals surface area (Å²) in [6, 6.07) is 5.63. The van der Waals surface area contributed by atoms with Gasteiger partial charge in [0.25, 0.3) is 0 Å². The predicted molar refractivity (Wildman–Crippen MR) is 75.1 cm³/mol. The minimum absolute atomic E-state index is 0.0868. The number of allylic oxidation sites excluding steroid dienone is 1. The molecule has 0 radical (unpaired) electrons. The van der Waals surface area contributed by atoms with Gasteiger partial charge >= 0.3 is 0 Å². The Morgan fingerprint density at radius 3 is 2.56 bits per heavy atom. The zero-order valence-corrected chi connectivity index (χ0v) is 11.8. The van der Waals surface area contributed by atoms with Crippen molar-refractivity contribution in [2.75, 3.05) is 0 Å². The first kappa shape index (κ1) is 13.4. The van der Waals surface area contributed by atoms with Crippen molar-refractivity contribution < 1.29 is 4.79 Å². The molecular weight excluding hydrogens is 269 g/mol. The maximum absolute atomic E-state index is 11.5. The summed E-state index contributed by atoms with van der Waals surface area (Å²) in [6.07, 6.45) is 0.847. The Bertz CT molecular complexity index is 533. The first-order valence-electron chi connectivity index (χ1n) is 5.96. The van der Waals surface area contributed by atoms with Crippen LogP contribution in [0.3, 0.4) is 0 Å². The third kappa shape index (κ3) is 1.94. The highest BCUT2D eigenvalue weighted by Gasteiger charge is 2.36. The first-order chi connectivity index (χ1) is 8.49. The van der Waals surface area contributed by atoms with Crippen LogP contribution < -0.4 is 5.73 Å². The standard InChI is InChI=1S/C14H15Cl2NO/c1-3-8-11(13(15)16)7(2)9-5-4-6-10(12(8)9)14(17)18/h4-8H,3H2,1-2H3,(H2,17,18). The Kier molecular flexibility index (Phi) is 3.69. The van der Waals surface area contributed by atoms with Gasteiger partial charge in [0, 0.05) is 17.4 Å². The number of hydrogen-bond donors (Lipinski definition) is 1. The first-order valence-corrected chi connectivity index (χ1v) is 6.72. The van der Waals surface area contributed by atoms with Crippen molar-refractivity contribution >= 4 is 29.1 Å². The second kappa shape index (κ2) is 4.94. The highest BCUT2D eigenvalue weighted by molar-refractivity contribution is 6.56. The molecule has 0 fully saturated rings. The van der Waals surface area contributed by atoms with Crippen LogP contribution in [0.1, 0.15) is 53.6 Å². The fourth-order valence-corrected chi connectivity index (χ4v) is 3.50. The van der Waals surface area contributed by atoms with Crippen LogP contribution in [0.25, 0.3) is 0 Å². The van der Waals surface area contributed by atoms with E-state index in [-0.39, 0.29) is 11.8 Å². The number of carbonyl (C=O) groups excluding carboxylic acids is 1. The number of carbonyl (C=O) groups is 1. The minimum Gasteiger partial charge on any atom is -0.366 e. The van der Waals surface area contributed by atoms with Crippen LogP contribution in [-0.4, -0.2) is 5.91 Å². The lowest BCUT2D eigenvalue weighted by Gasteiger charge is -2.14. The molecule has 1 aliphatic rings. The van der Waals surface area contributed by atoms with Crippen molar-refractivity contribution in [1.29, 1.82) is 0 Å². The van der Waals surface area contributed by atoms with E-state index < -0.39 is 5.91 Å². The van der Waals surface area contributed by atoms with Crippen molar-refractivity contribution in [2.45, 2.75) is 32.1 Å². The van der Waals surface area contributed by atoms with Crippen molar-refractivity contribution in [2.24, 2.45) is 5.73 Å². The number of rotatable bonds is 2. The summed E-state index contributed by atoms with van der Waals surface area (Å²) < 4.78 is 0.306. The molecular formula is C14H15Cl2NO. The van der Waals surface area contributed by atoms with Crippen molar-refractivity contribution in [3.8, 4) is 0 Å². The monoisotopic (exact) mass is 283 g/mol. The molecule has 1 aromatic carbocycles. The largest absolute Gasteiger partial charge is 0.366 e. The van der Waals surface area contributed by atoms with E-state index in [1.54, 1.807) is 6.07 Å². The van der Waals surface area contributed by atoms with Crippen LogP contribution >= 0.6 is 23.2 Å². The van der Waals surface area contributed by atoms with Gasteiger partial charge in [0.2, 0.25) is 5.91 Å². The molecule has 0 aromatic heterocycles. The molecule has 18 heavy (non-hydrogen) atoms. The van der Waals surface area contributed by atoms with Crippen LogP contribution in [0.4, 0.5) is 0 Å². The Morgan fingerprint density at radius 2 is 2.06 bits per heavy atom. The maximum Gasteiger partial charge on any atom is 0.249 e. The van der Waals surface area contributed by atoms with Gasteiger partial charge in [-0.3, -0.25) is 4.79 Å². The van der Waals surface area contributed by atoms with E-state index in [9.17, 15) is 4.79 Å². The molecule has 2 unspecified atom stereocenters. The van der Waals surface area contributed by atoms with Crippen LogP contribution in [-0.2, 0) is 0 Å². The number of nitrogens with two attached hydrogens (primary N) is 1. The Labute approximate surface area is 117 Å². The van der Waals surface area contributed by atoms with Crippen molar-refractivity contribution in [1.82, 2.24) is 0 Å². The van der Waals surface area contributed by atoms with Gasteiger partial charge in [-0.1, -0.05) is 49.2 Å². The average molecular weight is 284 g/mol. The maximum atomic E-state index is 11.5. The molecule has 0 spiro atoms. The van der Waals surface area contributed by atoms with Crippen LogP contribution in [0.5, 0.6) is 0 Å². The van der Waals surface area contributed by atoms with Crippen LogP contribution in [0.15, 0.2) is 28.3 Å². The van der Waals surface area contributed by atoms with E-state index in [0.717, 1.165) is 23.1 Å². The summed E-state index contributed by atoms with van der Waals surface area (Å²) in [4.78, 5) is 11.5. The minimum atomic E-state index is -0.399. The summed E-state index contributed by atoms with van der Waals surface area (Å²) in [5.41, 5.74) is 9.12. The predicted octanol–water partition coefficient (Wildman–Crippen LogP) is 4.09. The van der Waals surface area contributed by atoms with Crippen molar-refractivity contribution in [3.05, 3.63) is 45.0 Å². The molecule has 1 aliphatic carbocycles. The quantitative estimate of drug-likeness (QED) is 0.873. The molecule has 96 valence electrons. The number of primary amides is 1. The SMILES string of the molecule is CCC1C(=C(Cl)Cl)C(C)c2cccc(C(N)=O)c21. The highest BCUT2D eigenvalue weighted by atomic mass is 35.5. The zero-order valence-electron chi connectivity index (χ0n) is 10.3. The average Bonchev–Trinajstić information content (AvgIpc) is 2.62. The van der Waals surface area contributed by atoms with Gasteiger partial charge in [-0.15, -0.1) is 0 Å². The number of benzene rings is 1.